The van der Waals surface area contributed by atoms with E-state index in [0.717, 1.165) is 0 Å². The van der Waals surface area contributed by atoms with Crippen LogP contribution in [0.2, 0.25) is 0 Å². The molecule has 0 radical (unpaired) electrons. The third kappa shape index (κ3) is 4.34. The monoisotopic (exact) mass is 336 g/mol. The number of methoxy groups -OCH3 is 2. The summed E-state index contributed by atoms with van der Waals surface area (Å²) in [7, 11) is 2.83. The lowest BCUT2D eigenvalue weighted by atomic mass is 10.2. The van der Waals surface area contributed by atoms with Crippen molar-refractivity contribution in [1.29, 1.82) is 0 Å². The summed E-state index contributed by atoms with van der Waals surface area (Å²) in [6, 6.07) is 8.72. The molecule has 1 amide bonds. The first-order chi connectivity index (χ1) is 11.5. The third-order valence-corrected chi connectivity index (χ3v) is 3.35. The second-order valence-corrected chi connectivity index (χ2v) is 4.91. The molecule has 0 atom stereocenters. The van der Waals surface area contributed by atoms with Crippen LogP contribution in [-0.2, 0) is 11.3 Å². The Hall–Kier alpha value is -2.83. The summed E-state index contributed by atoms with van der Waals surface area (Å²) in [5.41, 5.74) is 0.483. The Morgan fingerprint density at radius 2 is 1.71 bits per heavy atom. The molecule has 5 nitrogen and oxygen atoms in total. The number of nitrogens with one attached hydrogen (secondary N) is 2. The molecule has 2 N–H and O–H groups in total. The molecule has 128 valence electrons. The number of amides is 1. The quantitative estimate of drug-likeness (QED) is 0.816. The molecule has 0 saturated heterocycles. The number of hydrogen-bond donors (Lipinski definition) is 2. The summed E-state index contributed by atoms with van der Waals surface area (Å²) in [4.78, 5) is 11.8. The van der Waals surface area contributed by atoms with E-state index in [9.17, 15) is 13.6 Å². The number of hydrogen-bond acceptors (Lipinski definition) is 4. The number of rotatable bonds is 7. The summed E-state index contributed by atoms with van der Waals surface area (Å²) in [6.45, 7) is -0.109. The molecule has 24 heavy (non-hydrogen) atoms. The minimum atomic E-state index is -0.574. The fraction of sp³-hybridized carbons (Fsp3) is 0.235. The summed E-state index contributed by atoms with van der Waals surface area (Å²) in [5, 5.41) is 5.23. The first-order valence-corrected chi connectivity index (χ1v) is 7.20. The highest BCUT2D eigenvalue weighted by atomic mass is 19.1. The van der Waals surface area contributed by atoms with E-state index >= 15 is 0 Å². The molecule has 2 aromatic carbocycles. The summed E-state index contributed by atoms with van der Waals surface area (Å²) < 4.78 is 37.5. The fourth-order valence-corrected chi connectivity index (χ4v) is 2.06. The average molecular weight is 336 g/mol. The Bertz CT molecular complexity index is 723. The lowest BCUT2D eigenvalue weighted by molar-refractivity contribution is -0.119. The Morgan fingerprint density at radius 1 is 1.04 bits per heavy atom. The summed E-state index contributed by atoms with van der Waals surface area (Å²) in [5.74, 6) is -0.767. The molecule has 7 heteroatoms. The van der Waals surface area contributed by atoms with E-state index in [2.05, 4.69) is 10.6 Å². The van der Waals surface area contributed by atoms with Crippen LogP contribution < -0.4 is 20.1 Å². The number of carbonyl (C=O) groups excluding carboxylic acids is 1. The molecule has 2 rings (SSSR count). The molecule has 0 saturated carbocycles. The van der Waals surface area contributed by atoms with Crippen LogP contribution in [0.4, 0.5) is 14.5 Å². The smallest absolute Gasteiger partial charge is 0.239 e. The van der Waals surface area contributed by atoms with Crippen LogP contribution in [0, 0.1) is 11.6 Å². The Labute approximate surface area is 138 Å². The molecular formula is C17H18F2N2O3. The zero-order valence-electron chi connectivity index (χ0n) is 13.4. The maximum absolute atomic E-state index is 13.9. The zero-order valence-corrected chi connectivity index (χ0v) is 13.4. The van der Waals surface area contributed by atoms with Crippen molar-refractivity contribution in [3.05, 3.63) is 53.6 Å². The van der Waals surface area contributed by atoms with Crippen molar-refractivity contribution in [2.45, 2.75) is 6.54 Å². The van der Waals surface area contributed by atoms with Crippen molar-refractivity contribution in [1.82, 2.24) is 5.32 Å². The number of carbonyl (C=O) groups is 1. The largest absolute Gasteiger partial charge is 0.493 e. The zero-order chi connectivity index (χ0) is 17.5. The van der Waals surface area contributed by atoms with Gasteiger partial charge < -0.3 is 20.1 Å². The van der Waals surface area contributed by atoms with Gasteiger partial charge in [-0.1, -0.05) is 18.2 Å². The molecular weight excluding hydrogens is 318 g/mol. The third-order valence-electron chi connectivity index (χ3n) is 3.35. The van der Waals surface area contributed by atoms with Crippen molar-refractivity contribution in [2.24, 2.45) is 0 Å². The number of ether oxygens (including phenoxy) is 2. The number of benzene rings is 2. The Morgan fingerprint density at radius 3 is 2.38 bits per heavy atom. The van der Waals surface area contributed by atoms with Gasteiger partial charge in [-0.2, -0.15) is 0 Å². The van der Waals surface area contributed by atoms with Gasteiger partial charge in [0.25, 0.3) is 0 Å². The number of halogens is 2. The number of anilines is 1. The van der Waals surface area contributed by atoms with Crippen molar-refractivity contribution in [3.63, 3.8) is 0 Å². The van der Waals surface area contributed by atoms with Crippen molar-refractivity contribution < 1.29 is 23.0 Å². The lowest BCUT2D eigenvalue weighted by Gasteiger charge is -2.12. The van der Waals surface area contributed by atoms with Crippen LogP contribution in [0.1, 0.15) is 5.56 Å². The highest BCUT2D eigenvalue weighted by molar-refractivity contribution is 5.80. The van der Waals surface area contributed by atoms with Gasteiger partial charge in [0.15, 0.2) is 11.5 Å². The van der Waals surface area contributed by atoms with Gasteiger partial charge in [-0.05, 0) is 6.07 Å². The first kappa shape index (κ1) is 17.5. The highest BCUT2D eigenvalue weighted by Crippen LogP contribution is 2.32. The van der Waals surface area contributed by atoms with Gasteiger partial charge in [0, 0.05) is 24.2 Å². The molecule has 0 aliphatic rings. The minimum Gasteiger partial charge on any atom is -0.493 e. The minimum absolute atomic E-state index is 0.0571. The molecule has 0 spiro atoms. The molecule has 0 aromatic heterocycles. The SMILES string of the molecule is COc1cc(F)c(NCC(=O)NCc2ccccc2F)cc1OC. The van der Waals surface area contributed by atoms with Crippen molar-refractivity contribution in [2.75, 3.05) is 26.1 Å². The fourth-order valence-electron chi connectivity index (χ4n) is 2.06. The van der Waals surface area contributed by atoms with Crippen LogP contribution in [0.15, 0.2) is 36.4 Å². The van der Waals surface area contributed by atoms with Crippen molar-refractivity contribution in [3.8, 4) is 11.5 Å². The Balaban J connectivity index is 1.93. The summed E-state index contributed by atoms with van der Waals surface area (Å²) >= 11 is 0. The van der Waals surface area contributed by atoms with Gasteiger partial charge in [0.05, 0.1) is 26.5 Å². The second-order valence-electron chi connectivity index (χ2n) is 4.91. The van der Waals surface area contributed by atoms with Crippen LogP contribution in [0.25, 0.3) is 0 Å². The normalized spacial score (nSPS) is 10.2. The maximum atomic E-state index is 13.9. The molecule has 0 aliphatic carbocycles. The standard InChI is InChI=1S/C17H18F2N2O3/c1-23-15-7-13(19)14(8-16(15)24-2)20-10-17(22)21-9-11-5-3-4-6-12(11)18/h3-8,20H,9-10H2,1-2H3,(H,21,22). The molecule has 0 heterocycles. The van der Waals surface area contributed by atoms with E-state index < -0.39 is 17.5 Å². The lowest BCUT2D eigenvalue weighted by Crippen LogP contribution is -2.29. The van der Waals surface area contributed by atoms with Gasteiger partial charge >= 0.3 is 0 Å². The van der Waals surface area contributed by atoms with Gasteiger partial charge in [-0.15, -0.1) is 0 Å². The van der Waals surface area contributed by atoms with E-state index in [-0.39, 0.29) is 24.5 Å². The van der Waals surface area contributed by atoms with E-state index in [1.807, 2.05) is 0 Å². The van der Waals surface area contributed by atoms with Gasteiger partial charge in [0.1, 0.15) is 11.6 Å². The maximum Gasteiger partial charge on any atom is 0.239 e. The van der Waals surface area contributed by atoms with Gasteiger partial charge in [-0.3, -0.25) is 4.79 Å². The molecule has 0 fully saturated rings. The van der Waals surface area contributed by atoms with Gasteiger partial charge in [-0.25, -0.2) is 8.78 Å². The van der Waals surface area contributed by atoms with E-state index in [1.54, 1.807) is 18.2 Å². The topological polar surface area (TPSA) is 59.6 Å². The van der Waals surface area contributed by atoms with Crippen LogP contribution in [-0.4, -0.2) is 26.7 Å². The predicted octanol–water partition coefficient (Wildman–Crippen LogP) is 2.71. The summed E-state index contributed by atoms with van der Waals surface area (Å²) in [6.07, 6.45) is 0. The van der Waals surface area contributed by atoms with Gasteiger partial charge in [0.2, 0.25) is 5.91 Å². The van der Waals surface area contributed by atoms with E-state index in [1.165, 1.54) is 32.4 Å². The van der Waals surface area contributed by atoms with Crippen LogP contribution in [0.3, 0.4) is 0 Å². The van der Waals surface area contributed by atoms with Crippen LogP contribution >= 0.6 is 0 Å². The molecule has 0 aliphatic heterocycles. The molecule has 2 aromatic rings. The first-order valence-electron chi connectivity index (χ1n) is 7.20. The Kier molecular flexibility index (Phi) is 5.95. The average Bonchev–Trinajstić information content (AvgIpc) is 2.59. The van der Waals surface area contributed by atoms with Crippen LogP contribution in [0.5, 0.6) is 11.5 Å². The van der Waals surface area contributed by atoms with E-state index in [4.69, 9.17) is 9.47 Å². The molecule has 0 bridgehead atoms. The predicted molar refractivity (Wildman–Crippen MR) is 86.2 cm³/mol. The van der Waals surface area contributed by atoms with E-state index in [0.29, 0.717) is 11.3 Å². The molecule has 0 unspecified atom stereocenters. The second kappa shape index (κ2) is 8.14. The van der Waals surface area contributed by atoms with Crippen molar-refractivity contribution >= 4 is 11.6 Å². The highest BCUT2D eigenvalue weighted by Gasteiger charge is 2.12.